The first-order chi connectivity index (χ1) is 19.1. The lowest BCUT2D eigenvalue weighted by molar-refractivity contribution is -0.210. The first-order valence-corrected chi connectivity index (χ1v) is 13.3. The van der Waals surface area contributed by atoms with E-state index in [9.17, 15) is 23.8 Å². The van der Waals surface area contributed by atoms with Gasteiger partial charge < -0.3 is 34.9 Å². The molecule has 218 valence electrons. The van der Waals surface area contributed by atoms with Crippen LogP contribution in [-0.4, -0.2) is 91.9 Å². The van der Waals surface area contributed by atoms with Crippen LogP contribution in [0.1, 0.15) is 44.6 Å². The van der Waals surface area contributed by atoms with E-state index in [0.717, 1.165) is 0 Å². The molecule has 5 atom stereocenters. The largest absolute Gasteiger partial charge is 0.465 e. The molecule has 12 nitrogen and oxygen atoms in total. The lowest BCUT2D eigenvalue weighted by atomic mass is 9.78. The Labute approximate surface area is 232 Å². The number of aliphatic hydroxyl groups excluding tert-OH is 2. The predicted molar refractivity (Wildman–Crippen MR) is 136 cm³/mol. The van der Waals surface area contributed by atoms with Crippen molar-refractivity contribution in [3.63, 3.8) is 0 Å². The number of oxime groups is 1. The molecule has 0 radical (unpaired) electrons. The number of hydrogen-bond donors (Lipinski definition) is 4. The van der Waals surface area contributed by atoms with Gasteiger partial charge in [-0.3, -0.25) is 0 Å². The van der Waals surface area contributed by atoms with Gasteiger partial charge in [-0.15, -0.1) is 5.10 Å². The molecule has 1 saturated carbocycles. The van der Waals surface area contributed by atoms with Crippen LogP contribution < -0.4 is 5.32 Å². The summed E-state index contributed by atoms with van der Waals surface area (Å²) in [4.78, 5) is 16.8. The second-order valence-corrected chi connectivity index (χ2v) is 10.8. The van der Waals surface area contributed by atoms with Crippen LogP contribution in [0.25, 0.3) is 11.3 Å². The van der Waals surface area contributed by atoms with Gasteiger partial charge in [0, 0.05) is 31.6 Å². The second kappa shape index (κ2) is 11.5. The van der Waals surface area contributed by atoms with Gasteiger partial charge >= 0.3 is 6.09 Å². The molecule has 1 spiro atoms. The van der Waals surface area contributed by atoms with Crippen molar-refractivity contribution in [1.29, 1.82) is 0 Å². The molecule has 1 aliphatic carbocycles. The number of hydrogen-bond acceptors (Lipinski definition) is 9. The van der Waals surface area contributed by atoms with Gasteiger partial charge in [-0.05, 0) is 37.8 Å². The molecule has 0 bridgehead atoms. The standard InChI is InChI=1S/C25H30ClF2N5O7/c1-38-23-17(8-13-9-25(40-31-13)6-4-12(5-7-25)29-24(36)37)39-18(11-34)22(35)21(23)33-10-16(30-32-33)14-2-3-15(26)20(28)19(14)27/h2-3,10,12,17-18,21-23,29,34-35H,4-9,11H2,1H3,(H,36,37)/t12?,17-,18-,21+,22+,23+,25?/m1/s1. The Balaban J connectivity index is 1.32. The van der Waals surface area contributed by atoms with Gasteiger partial charge in [-0.2, -0.15) is 0 Å². The van der Waals surface area contributed by atoms with Crippen LogP contribution in [0.4, 0.5) is 13.6 Å². The SMILES string of the molecule is CO[C@@H]1[C@@H](n2cc(-c3ccc(Cl)c(F)c3F)nn2)[C@@H](O)[C@@H](CO)O[C@@H]1CC1=NOC2(CCC(NC(=O)O)CC2)C1. The van der Waals surface area contributed by atoms with Crippen LogP contribution in [0.3, 0.4) is 0 Å². The predicted octanol–water partition coefficient (Wildman–Crippen LogP) is 2.67. The molecule has 15 heteroatoms. The van der Waals surface area contributed by atoms with E-state index in [1.807, 2.05) is 0 Å². The maximum Gasteiger partial charge on any atom is 0.404 e. The normalized spacial score (nSPS) is 32.1. The van der Waals surface area contributed by atoms with Crippen molar-refractivity contribution < 1.29 is 43.2 Å². The number of nitrogens with zero attached hydrogens (tertiary/aromatic N) is 4. The molecule has 1 saturated heterocycles. The summed E-state index contributed by atoms with van der Waals surface area (Å²) in [6.07, 6.45) is -0.0857. The van der Waals surface area contributed by atoms with Crippen molar-refractivity contribution >= 4 is 23.4 Å². The Kier molecular flexibility index (Phi) is 8.25. The Hall–Kier alpha value is -2.91. The molecule has 2 aromatic rings. The minimum atomic E-state index is -1.27. The van der Waals surface area contributed by atoms with E-state index in [1.54, 1.807) is 0 Å². The van der Waals surface area contributed by atoms with Crippen molar-refractivity contribution in [3.05, 3.63) is 35.0 Å². The topological polar surface area (TPSA) is 161 Å². The summed E-state index contributed by atoms with van der Waals surface area (Å²) < 4.78 is 41.6. The van der Waals surface area contributed by atoms with E-state index < -0.39 is 60.4 Å². The van der Waals surface area contributed by atoms with E-state index in [4.69, 9.17) is 31.0 Å². The molecular formula is C25H30ClF2N5O7. The number of carboxylic acid groups (broad SMARTS) is 1. The Bertz CT molecular complexity index is 1270. The van der Waals surface area contributed by atoms with Crippen molar-refractivity contribution in [3.8, 4) is 11.3 Å². The molecule has 1 aromatic carbocycles. The molecule has 5 rings (SSSR count). The zero-order valence-corrected chi connectivity index (χ0v) is 22.3. The zero-order chi connectivity index (χ0) is 28.6. The van der Waals surface area contributed by atoms with Gasteiger partial charge in [0.15, 0.2) is 11.6 Å². The molecule has 2 fully saturated rings. The fourth-order valence-corrected chi connectivity index (χ4v) is 6.02. The summed E-state index contributed by atoms with van der Waals surface area (Å²) in [6, 6.07) is 1.46. The third-order valence-electron chi connectivity index (χ3n) is 7.92. The first-order valence-electron chi connectivity index (χ1n) is 12.9. The summed E-state index contributed by atoms with van der Waals surface area (Å²) in [5, 5.41) is 44.4. The van der Waals surface area contributed by atoms with E-state index >= 15 is 0 Å². The van der Waals surface area contributed by atoms with Crippen molar-refractivity contribution in [1.82, 2.24) is 20.3 Å². The monoisotopic (exact) mass is 585 g/mol. The van der Waals surface area contributed by atoms with Gasteiger partial charge in [0.2, 0.25) is 0 Å². The molecule has 4 N–H and O–H groups in total. The van der Waals surface area contributed by atoms with E-state index in [0.29, 0.717) is 37.8 Å². The number of benzene rings is 1. The van der Waals surface area contributed by atoms with Crippen LogP contribution in [-0.2, 0) is 14.3 Å². The second-order valence-electron chi connectivity index (χ2n) is 10.4. The minimum Gasteiger partial charge on any atom is -0.465 e. The van der Waals surface area contributed by atoms with E-state index in [-0.39, 0.29) is 28.7 Å². The van der Waals surface area contributed by atoms with Crippen molar-refractivity contribution in [2.24, 2.45) is 5.16 Å². The summed E-state index contributed by atoms with van der Waals surface area (Å²) in [5.74, 6) is -2.39. The highest BCUT2D eigenvalue weighted by Crippen LogP contribution is 2.41. The van der Waals surface area contributed by atoms with Crippen LogP contribution in [0.2, 0.25) is 5.02 Å². The number of amides is 1. The number of nitrogens with one attached hydrogen (secondary N) is 1. The highest BCUT2D eigenvalue weighted by atomic mass is 35.5. The van der Waals surface area contributed by atoms with Gasteiger partial charge in [0.1, 0.15) is 35.6 Å². The first kappa shape index (κ1) is 28.6. The molecule has 3 heterocycles. The number of methoxy groups -OCH3 is 1. The Morgan fingerprint density at radius 1 is 1.27 bits per heavy atom. The summed E-state index contributed by atoms with van der Waals surface area (Å²) in [5.41, 5.74) is 0.0516. The number of aromatic nitrogens is 3. The third-order valence-corrected chi connectivity index (χ3v) is 8.21. The number of carbonyl (C=O) groups is 1. The molecule has 1 amide bonds. The third kappa shape index (κ3) is 5.50. The van der Waals surface area contributed by atoms with Crippen molar-refractivity contribution in [2.45, 2.75) is 80.6 Å². The highest BCUT2D eigenvalue weighted by Gasteiger charge is 2.49. The molecule has 0 unspecified atom stereocenters. The van der Waals surface area contributed by atoms with Crippen LogP contribution in [0, 0.1) is 11.6 Å². The average Bonchev–Trinajstić information content (AvgIpc) is 3.56. The molecule has 40 heavy (non-hydrogen) atoms. The highest BCUT2D eigenvalue weighted by molar-refractivity contribution is 6.30. The van der Waals surface area contributed by atoms with Crippen LogP contribution in [0.5, 0.6) is 0 Å². The fourth-order valence-electron chi connectivity index (χ4n) is 5.87. The maximum absolute atomic E-state index is 14.5. The summed E-state index contributed by atoms with van der Waals surface area (Å²) in [7, 11) is 1.44. The smallest absolute Gasteiger partial charge is 0.404 e. The Morgan fingerprint density at radius 2 is 2.02 bits per heavy atom. The van der Waals surface area contributed by atoms with Gasteiger partial charge in [-0.25, -0.2) is 18.3 Å². The van der Waals surface area contributed by atoms with E-state index in [2.05, 4.69) is 20.8 Å². The number of halogens is 3. The fraction of sp³-hybridized carbons (Fsp3) is 0.600. The van der Waals surface area contributed by atoms with E-state index in [1.165, 1.54) is 30.1 Å². The van der Waals surface area contributed by atoms with Crippen LogP contribution in [0.15, 0.2) is 23.5 Å². The maximum atomic E-state index is 14.5. The lowest BCUT2D eigenvalue weighted by Gasteiger charge is -2.43. The quantitative estimate of drug-likeness (QED) is 0.358. The van der Waals surface area contributed by atoms with Crippen molar-refractivity contribution in [2.75, 3.05) is 13.7 Å². The van der Waals surface area contributed by atoms with Gasteiger partial charge in [-0.1, -0.05) is 22.0 Å². The number of rotatable bonds is 7. The van der Waals surface area contributed by atoms with Gasteiger partial charge in [0.25, 0.3) is 0 Å². The summed E-state index contributed by atoms with van der Waals surface area (Å²) >= 11 is 5.66. The molecule has 1 aromatic heterocycles. The Morgan fingerprint density at radius 3 is 2.70 bits per heavy atom. The number of aliphatic hydroxyl groups is 2. The minimum absolute atomic E-state index is 0.0159. The van der Waals surface area contributed by atoms with Gasteiger partial charge in [0.05, 0.1) is 29.6 Å². The molecule has 2 aliphatic heterocycles. The molecule has 3 aliphatic rings. The summed E-state index contributed by atoms with van der Waals surface area (Å²) in [6.45, 7) is -0.492. The van der Waals surface area contributed by atoms with Crippen LogP contribution >= 0.6 is 11.6 Å². The lowest BCUT2D eigenvalue weighted by Crippen LogP contribution is -2.57. The zero-order valence-electron chi connectivity index (χ0n) is 21.5. The average molecular weight is 586 g/mol. The number of ether oxygens (including phenoxy) is 2. The molecular weight excluding hydrogens is 556 g/mol.